The molecule has 6 nitrogen and oxygen atoms in total. The molecular weight excluding hydrogens is 324 g/mol. The Kier molecular flexibility index (Phi) is 4.71. The number of amides is 1. The molecular formula is C17H20N4O2S. The minimum atomic E-state index is -0.171. The third-order valence-corrected chi connectivity index (χ3v) is 5.09. The summed E-state index contributed by atoms with van der Waals surface area (Å²) in [6, 6.07) is 5.13. The van der Waals surface area contributed by atoms with Gasteiger partial charge in [-0.1, -0.05) is 31.7 Å². The van der Waals surface area contributed by atoms with E-state index in [-0.39, 0.29) is 29.8 Å². The summed E-state index contributed by atoms with van der Waals surface area (Å²) in [6.07, 6.45) is 1.88. The summed E-state index contributed by atoms with van der Waals surface area (Å²) in [7, 11) is 0. The first-order valence-electron chi connectivity index (χ1n) is 7.93. The molecule has 0 saturated heterocycles. The quantitative estimate of drug-likeness (QED) is 0.863. The molecule has 1 N–H and O–H groups in total. The van der Waals surface area contributed by atoms with E-state index in [2.05, 4.69) is 15.3 Å². The van der Waals surface area contributed by atoms with E-state index < -0.39 is 0 Å². The standard InChI is InChI=1S/C17H20N4O2S/c1-10(2)13-8-15(23)21-12(9-24-17(21)19-13)7-14(22)20-16-11(3)5-4-6-18-16/h4-6,8,10,12H,7,9H2,1-3H3,(H,18,20,22). The Morgan fingerprint density at radius 3 is 3.00 bits per heavy atom. The number of nitrogens with one attached hydrogen (secondary N) is 1. The average molecular weight is 344 g/mol. The molecule has 1 aliphatic heterocycles. The van der Waals surface area contributed by atoms with E-state index in [9.17, 15) is 9.59 Å². The largest absolute Gasteiger partial charge is 0.310 e. The van der Waals surface area contributed by atoms with Gasteiger partial charge in [-0.15, -0.1) is 0 Å². The van der Waals surface area contributed by atoms with Crippen LogP contribution in [0.25, 0.3) is 0 Å². The van der Waals surface area contributed by atoms with Gasteiger partial charge in [-0.25, -0.2) is 9.97 Å². The minimum absolute atomic E-state index is 0.0829. The van der Waals surface area contributed by atoms with Crippen LogP contribution in [0.5, 0.6) is 0 Å². The lowest BCUT2D eigenvalue weighted by molar-refractivity contribution is -0.116. The molecule has 3 heterocycles. The van der Waals surface area contributed by atoms with Crippen molar-refractivity contribution >= 4 is 23.5 Å². The molecule has 126 valence electrons. The van der Waals surface area contributed by atoms with Crippen molar-refractivity contribution in [3.63, 3.8) is 0 Å². The van der Waals surface area contributed by atoms with Gasteiger partial charge in [0.2, 0.25) is 5.91 Å². The van der Waals surface area contributed by atoms with Crippen LogP contribution in [-0.2, 0) is 4.79 Å². The highest BCUT2D eigenvalue weighted by Crippen LogP contribution is 2.32. The monoisotopic (exact) mass is 344 g/mol. The summed E-state index contributed by atoms with van der Waals surface area (Å²) in [4.78, 5) is 33.4. The van der Waals surface area contributed by atoms with Crippen LogP contribution in [0.3, 0.4) is 0 Å². The molecule has 1 unspecified atom stereocenters. The highest BCUT2D eigenvalue weighted by molar-refractivity contribution is 7.99. The predicted octanol–water partition coefficient (Wildman–Crippen LogP) is 2.75. The van der Waals surface area contributed by atoms with E-state index in [1.807, 2.05) is 32.9 Å². The third kappa shape index (κ3) is 3.36. The van der Waals surface area contributed by atoms with Crippen molar-refractivity contribution in [2.75, 3.05) is 11.1 Å². The van der Waals surface area contributed by atoms with Crippen LogP contribution in [0.1, 0.15) is 43.5 Å². The van der Waals surface area contributed by atoms with Crippen LogP contribution in [0.4, 0.5) is 5.82 Å². The second kappa shape index (κ2) is 6.76. The molecule has 0 aromatic carbocycles. The number of carbonyl (C=O) groups is 1. The van der Waals surface area contributed by atoms with Crippen molar-refractivity contribution < 1.29 is 4.79 Å². The zero-order valence-electron chi connectivity index (χ0n) is 13.9. The summed E-state index contributed by atoms with van der Waals surface area (Å²) in [5.41, 5.74) is 1.63. The van der Waals surface area contributed by atoms with Gasteiger partial charge in [-0.05, 0) is 24.5 Å². The molecule has 24 heavy (non-hydrogen) atoms. The number of hydrogen-bond acceptors (Lipinski definition) is 5. The van der Waals surface area contributed by atoms with E-state index in [1.54, 1.807) is 16.8 Å². The second-order valence-corrected chi connectivity index (χ2v) is 7.20. The lowest BCUT2D eigenvalue weighted by Crippen LogP contribution is -2.28. The van der Waals surface area contributed by atoms with Crippen LogP contribution >= 0.6 is 11.8 Å². The molecule has 3 rings (SSSR count). The second-order valence-electron chi connectivity index (χ2n) is 6.21. The van der Waals surface area contributed by atoms with Gasteiger partial charge in [-0.2, -0.15) is 0 Å². The molecule has 0 saturated carbocycles. The fourth-order valence-electron chi connectivity index (χ4n) is 2.63. The maximum Gasteiger partial charge on any atom is 0.254 e. The van der Waals surface area contributed by atoms with Gasteiger partial charge in [0.25, 0.3) is 5.56 Å². The number of aryl methyl sites for hydroxylation is 1. The number of nitrogens with zero attached hydrogens (tertiary/aromatic N) is 3. The van der Waals surface area contributed by atoms with Crippen LogP contribution in [0.15, 0.2) is 34.3 Å². The molecule has 0 aliphatic carbocycles. The van der Waals surface area contributed by atoms with Gasteiger partial charge in [-0.3, -0.25) is 14.2 Å². The Bertz CT molecular complexity index is 832. The van der Waals surface area contributed by atoms with Crippen molar-refractivity contribution in [3.05, 3.63) is 46.0 Å². The smallest absolute Gasteiger partial charge is 0.254 e. The predicted molar refractivity (Wildman–Crippen MR) is 94.6 cm³/mol. The fraction of sp³-hybridized carbons (Fsp3) is 0.412. The highest BCUT2D eigenvalue weighted by Gasteiger charge is 2.28. The highest BCUT2D eigenvalue weighted by atomic mass is 32.2. The molecule has 7 heteroatoms. The van der Waals surface area contributed by atoms with Crippen LogP contribution in [-0.4, -0.2) is 26.2 Å². The van der Waals surface area contributed by atoms with Gasteiger partial charge in [0.05, 0.1) is 11.7 Å². The van der Waals surface area contributed by atoms with Crippen molar-refractivity contribution in [2.45, 2.75) is 44.3 Å². The third-order valence-electron chi connectivity index (χ3n) is 3.99. The zero-order chi connectivity index (χ0) is 17.3. The first-order valence-corrected chi connectivity index (χ1v) is 8.92. The summed E-state index contributed by atoms with van der Waals surface area (Å²) >= 11 is 1.53. The van der Waals surface area contributed by atoms with Crippen molar-refractivity contribution in [3.8, 4) is 0 Å². The van der Waals surface area contributed by atoms with E-state index in [0.29, 0.717) is 16.7 Å². The number of thioether (sulfide) groups is 1. The van der Waals surface area contributed by atoms with Gasteiger partial charge >= 0.3 is 0 Å². The van der Waals surface area contributed by atoms with Crippen molar-refractivity contribution in [2.24, 2.45) is 0 Å². The lowest BCUT2D eigenvalue weighted by atomic mass is 10.1. The summed E-state index contributed by atoms with van der Waals surface area (Å²) in [5, 5.41) is 3.53. The number of fused-ring (bicyclic) bond motifs is 1. The minimum Gasteiger partial charge on any atom is -0.310 e. The SMILES string of the molecule is Cc1cccnc1NC(=O)CC1CSc2nc(C(C)C)cc(=O)n21. The lowest BCUT2D eigenvalue weighted by Gasteiger charge is -2.14. The first kappa shape index (κ1) is 16.7. The Morgan fingerprint density at radius 2 is 2.29 bits per heavy atom. The summed E-state index contributed by atoms with van der Waals surface area (Å²) in [5.74, 6) is 1.31. The van der Waals surface area contributed by atoms with Crippen molar-refractivity contribution in [1.29, 1.82) is 0 Å². The summed E-state index contributed by atoms with van der Waals surface area (Å²) in [6.45, 7) is 5.92. The molecule has 0 bridgehead atoms. The maximum atomic E-state index is 12.4. The molecule has 0 radical (unpaired) electrons. The molecule has 2 aromatic heterocycles. The zero-order valence-corrected chi connectivity index (χ0v) is 14.8. The number of hydrogen-bond donors (Lipinski definition) is 1. The molecule has 0 spiro atoms. The number of pyridine rings is 1. The Labute approximate surface area is 144 Å². The van der Waals surface area contributed by atoms with Crippen LogP contribution in [0, 0.1) is 6.92 Å². The molecule has 0 fully saturated rings. The normalized spacial score (nSPS) is 16.2. The Morgan fingerprint density at radius 1 is 1.50 bits per heavy atom. The van der Waals surface area contributed by atoms with Gasteiger partial charge in [0.15, 0.2) is 5.16 Å². The molecule has 1 atom stereocenters. The first-order chi connectivity index (χ1) is 11.5. The Balaban J connectivity index is 1.76. The average Bonchev–Trinajstić information content (AvgIpc) is 2.93. The van der Waals surface area contributed by atoms with Crippen LogP contribution < -0.4 is 10.9 Å². The van der Waals surface area contributed by atoms with E-state index in [0.717, 1.165) is 11.3 Å². The van der Waals surface area contributed by atoms with Crippen LogP contribution in [0.2, 0.25) is 0 Å². The van der Waals surface area contributed by atoms with E-state index in [1.165, 1.54) is 11.8 Å². The van der Waals surface area contributed by atoms with E-state index in [4.69, 9.17) is 0 Å². The number of carbonyl (C=O) groups excluding carboxylic acids is 1. The fourth-order valence-corrected chi connectivity index (χ4v) is 3.79. The van der Waals surface area contributed by atoms with Gasteiger partial charge in [0.1, 0.15) is 5.82 Å². The summed E-state index contributed by atoms with van der Waals surface area (Å²) < 4.78 is 1.64. The Hall–Kier alpha value is -2.15. The molecule has 2 aromatic rings. The number of rotatable bonds is 4. The number of aromatic nitrogens is 3. The van der Waals surface area contributed by atoms with E-state index >= 15 is 0 Å². The molecule has 1 amide bonds. The van der Waals surface area contributed by atoms with Gasteiger partial charge in [0, 0.05) is 24.4 Å². The van der Waals surface area contributed by atoms with Crippen molar-refractivity contribution in [1.82, 2.24) is 14.5 Å². The topological polar surface area (TPSA) is 76.9 Å². The molecule has 1 aliphatic rings. The van der Waals surface area contributed by atoms with Gasteiger partial charge < -0.3 is 5.32 Å². The number of anilines is 1. The maximum absolute atomic E-state index is 12.4.